The first-order chi connectivity index (χ1) is 34.2. The summed E-state index contributed by atoms with van der Waals surface area (Å²) in [5, 5.41) is 26.1. The molecule has 0 spiro atoms. The lowest BCUT2D eigenvalue weighted by molar-refractivity contribution is 1.14. The average Bonchev–Trinajstić information content (AvgIpc) is 3.90. The average molecular weight is 895 g/mol. The summed E-state index contributed by atoms with van der Waals surface area (Å²) in [6.07, 6.45) is 0. The van der Waals surface area contributed by atoms with Gasteiger partial charge >= 0.3 is 0 Å². The van der Waals surface area contributed by atoms with Crippen LogP contribution in [0.1, 0.15) is 33.4 Å². The fourth-order valence-electron chi connectivity index (χ4n) is 10.3. The molecule has 0 saturated carbocycles. The summed E-state index contributed by atoms with van der Waals surface area (Å²) in [5.74, 6) is 0. The summed E-state index contributed by atoms with van der Waals surface area (Å²) in [7, 11) is 0. The smallest absolute Gasteiger partial charge is 0.101 e. The molecule has 4 heteroatoms. The van der Waals surface area contributed by atoms with Crippen LogP contribution in [0.4, 0.5) is 0 Å². The van der Waals surface area contributed by atoms with Crippen molar-refractivity contribution in [3.05, 3.63) is 240 Å². The van der Waals surface area contributed by atoms with Gasteiger partial charge in [-0.15, -0.1) is 0 Å². The number of nitrogens with zero attached hydrogens (tertiary/aromatic N) is 4. The second kappa shape index (κ2) is 16.8. The zero-order chi connectivity index (χ0) is 47.6. The molecule has 0 aliphatic rings. The minimum absolute atomic E-state index is 0.529. The van der Waals surface area contributed by atoms with Gasteiger partial charge in [0.05, 0.1) is 50.6 Å². The van der Waals surface area contributed by atoms with E-state index < -0.39 is 0 Å². The van der Waals surface area contributed by atoms with Crippen LogP contribution in [-0.4, -0.2) is 9.13 Å². The van der Waals surface area contributed by atoms with E-state index in [0.717, 1.165) is 111 Å². The van der Waals surface area contributed by atoms with Crippen LogP contribution in [0, 0.1) is 50.4 Å². The number of aromatic nitrogens is 2. The van der Waals surface area contributed by atoms with Crippen LogP contribution < -0.4 is 0 Å². The number of hydrogen-bond donors (Lipinski definition) is 0. The highest BCUT2D eigenvalue weighted by Gasteiger charge is 2.23. The molecular formula is C66H46N4. The second-order valence-electron chi connectivity index (χ2n) is 18.8. The first-order valence-electron chi connectivity index (χ1n) is 23.8. The van der Waals surface area contributed by atoms with Crippen LogP contribution >= 0.6 is 0 Å². The van der Waals surface area contributed by atoms with E-state index in [9.17, 15) is 10.5 Å². The van der Waals surface area contributed by atoms with Crippen molar-refractivity contribution < 1.29 is 0 Å². The third-order valence-electron chi connectivity index (χ3n) is 14.1. The molecule has 0 aliphatic heterocycles. The van der Waals surface area contributed by atoms with Crippen molar-refractivity contribution in [3.63, 3.8) is 0 Å². The van der Waals surface area contributed by atoms with E-state index in [4.69, 9.17) is 0 Å². The third kappa shape index (κ3) is 7.23. The van der Waals surface area contributed by atoms with Crippen LogP contribution in [-0.2, 0) is 0 Å². The van der Waals surface area contributed by atoms with Gasteiger partial charge in [0.1, 0.15) is 6.07 Å². The lowest BCUT2D eigenvalue weighted by Gasteiger charge is -2.19. The van der Waals surface area contributed by atoms with Crippen LogP contribution in [0.3, 0.4) is 0 Å². The lowest BCUT2D eigenvalue weighted by Crippen LogP contribution is -2.04. The lowest BCUT2D eigenvalue weighted by atomic mass is 9.97. The van der Waals surface area contributed by atoms with Crippen molar-refractivity contribution in [2.24, 2.45) is 0 Å². The summed E-state index contributed by atoms with van der Waals surface area (Å²) >= 11 is 0. The Morgan fingerprint density at radius 1 is 0.300 bits per heavy atom. The van der Waals surface area contributed by atoms with Gasteiger partial charge in [0.2, 0.25) is 0 Å². The maximum Gasteiger partial charge on any atom is 0.101 e. The number of nitriles is 2. The Bertz CT molecular complexity index is 3930. The molecule has 70 heavy (non-hydrogen) atoms. The zero-order valence-electron chi connectivity index (χ0n) is 39.4. The van der Waals surface area contributed by atoms with E-state index in [1.807, 2.05) is 18.2 Å². The first kappa shape index (κ1) is 42.2. The first-order valence-corrected chi connectivity index (χ1v) is 23.8. The van der Waals surface area contributed by atoms with Gasteiger partial charge in [-0.2, -0.15) is 10.5 Å². The molecule has 2 heterocycles. The number of benzene rings is 10. The van der Waals surface area contributed by atoms with E-state index in [1.54, 1.807) is 0 Å². The predicted octanol–water partition coefficient (Wildman–Crippen LogP) is 17.2. The van der Waals surface area contributed by atoms with E-state index in [0.29, 0.717) is 11.1 Å². The minimum atomic E-state index is 0.529. The van der Waals surface area contributed by atoms with E-state index >= 15 is 0 Å². The van der Waals surface area contributed by atoms with Crippen molar-refractivity contribution >= 4 is 43.6 Å². The van der Waals surface area contributed by atoms with Crippen molar-refractivity contribution in [3.8, 4) is 79.1 Å². The Balaban J connectivity index is 1.15. The molecule has 4 nitrogen and oxygen atoms in total. The highest BCUT2D eigenvalue weighted by atomic mass is 15.0. The number of fused-ring (bicyclic) bond motifs is 6. The van der Waals surface area contributed by atoms with Gasteiger partial charge in [-0.1, -0.05) is 156 Å². The summed E-state index contributed by atoms with van der Waals surface area (Å²) in [6, 6.07) is 78.7. The van der Waals surface area contributed by atoms with E-state index in [1.165, 1.54) is 22.3 Å². The molecule has 2 aromatic heterocycles. The normalized spacial score (nSPS) is 11.4. The molecule has 0 saturated heterocycles. The maximum absolute atomic E-state index is 11.4. The van der Waals surface area contributed by atoms with Crippen molar-refractivity contribution in [2.75, 3.05) is 0 Å². The van der Waals surface area contributed by atoms with E-state index in [2.05, 4.69) is 237 Å². The standard InChI is InChI=1S/C66H46N4/c1-41-8-16-46(17-9-41)50-24-28-61-57(33-50)58-34-51(47-18-10-42(2)11-19-47)25-29-62(58)69(61)65-38-56(54-7-5-6-45(32-54)39-67)66(37-55(65)40-68)70-63-30-26-52(48-20-12-43(3)13-21-48)35-59(63)60-36-53(27-31-64(60)70)49-22-14-44(4)15-23-49/h5-38H,1-4H3. The molecular weight excluding hydrogens is 849 g/mol. The quantitative estimate of drug-likeness (QED) is 0.160. The van der Waals surface area contributed by atoms with Crippen molar-refractivity contribution in [2.45, 2.75) is 27.7 Å². The van der Waals surface area contributed by atoms with Crippen molar-refractivity contribution in [1.82, 2.24) is 9.13 Å². The van der Waals surface area contributed by atoms with Crippen LogP contribution in [0.5, 0.6) is 0 Å². The Labute approximate surface area is 407 Å². The largest absolute Gasteiger partial charge is 0.309 e. The molecule has 0 atom stereocenters. The number of aryl methyl sites for hydroxylation is 4. The van der Waals surface area contributed by atoms with Crippen LogP contribution in [0.15, 0.2) is 206 Å². The fourth-order valence-corrected chi connectivity index (χ4v) is 10.3. The SMILES string of the molecule is Cc1ccc(-c2ccc3c(c2)c2cc(-c4ccc(C)cc4)ccc2n3-c2cc(-c3cccc(C#N)c3)c(-n3c4ccc(-c5ccc(C)cc5)cc4c4cc(-c5ccc(C)cc5)ccc43)cc2C#N)cc1. The predicted molar refractivity (Wildman–Crippen MR) is 291 cm³/mol. The fraction of sp³-hybridized carbons (Fsp3) is 0.0606. The summed E-state index contributed by atoms with van der Waals surface area (Å²) in [5.41, 5.74) is 22.5. The van der Waals surface area contributed by atoms with Gasteiger partial charge in [0, 0.05) is 27.1 Å². The van der Waals surface area contributed by atoms with Gasteiger partial charge in [-0.3, -0.25) is 0 Å². The topological polar surface area (TPSA) is 57.4 Å². The van der Waals surface area contributed by atoms with Gasteiger partial charge < -0.3 is 9.13 Å². The van der Waals surface area contributed by atoms with Crippen molar-refractivity contribution in [1.29, 1.82) is 10.5 Å². The highest BCUT2D eigenvalue weighted by Crippen LogP contribution is 2.44. The highest BCUT2D eigenvalue weighted by molar-refractivity contribution is 6.14. The van der Waals surface area contributed by atoms with E-state index in [-0.39, 0.29) is 0 Å². The van der Waals surface area contributed by atoms with Gasteiger partial charge in [0.15, 0.2) is 0 Å². The van der Waals surface area contributed by atoms with Gasteiger partial charge in [0.25, 0.3) is 0 Å². The van der Waals surface area contributed by atoms with Crippen LogP contribution in [0.25, 0.3) is 111 Å². The molecule has 330 valence electrons. The number of hydrogen-bond acceptors (Lipinski definition) is 2. The summed E-state index contributed by atoms with van der Waals surface area (Å²) in [6.45, 7) is 8.46. The molecule has 12 aromatic rings. The third-order valence-corrected chi connectivity index (χ3v) is 14.1. The van der Waals surface area contributed by atoms with Gasteiger partial charge in [-0.25, -0.2) is 0 Å². The summed E-state index contributed by atoms with van der Waals surface area (Å²) < 4.78 is 4.57. The Morgan fingerprint density at radius 3 is 0.986 bits per heavy atom. The molecule has 0 bridgehead atoms. The molecule has 0 aliphatic carbocycles. The zero-order valence-corrected chi connectivity index (χ0v) is 39.4. The summed E-state index contributed by atoms with van der Waals surface area (Å²) in [4.78, 5) is 0. The molecule has 0 unspecified atom stereocenters. The maximum atomic E-state index is 11.4. The molecule has 0 fully saturated rings. The molecule has 0 radical (unpaired) electrons. The minimum Gasteiger partial charge on any atom is -0.309 e. The second-order valence-corrected chi connectivity index (χ2v) is 18.8. The van der Waals surface area contributed by atoms with Crippen LogP contribution in [0.2, 0.25) is 0 Å². The number of rotatable bonds is 7. The Kier molecular flexibility index (Phi) is 10.1. The molecule has 0 N–H and O–H groups in total. The monoisotopic (exact) mass is 894 g/mol. The Hall–Kier alpha value is -9.22. The Morgan fingerprint density at radius 2 is 0.643 bits per heavy atom. The molecule has 12 rings (SSSR count). The molecule has 10 aromatic carbocycles. The molecule has 0 amide bonds. The van der Waals surface area contributed by atoms with Gasteiger partial charge in [-0.05, 0) is 151 Å².